The first-order chi connectivity index (χ1) is 7.65. The van der Waals surface area contributed by atoms with Crippen LogP contribution in [0.1, 0.15) is 39.5 Å². The molecule has 0 aromatic heterocycles. The second kappa shape index (κ2) is 9.60. The molecule has 0 bridgehead atoms. The molecule has 0 aromatic rings. The zero-order valence-electron chi connectivity index (χ0n) is 10.7. The Bertz CT molecular complexity index is 179. The summed E-state index contributed by atoms with van der Waals surface area (Å²) in [5, 5.41) is 12.2. The molecule has 0 aliphatic rings. The van der Waals surface area contributed by atoms with Gasteiger partial charge in [0.1, 0.15) is 0 Å². The first-order valence-corrected chi connectivity index (χ1v) is 6.10. The molecular formula is C12H25NO3. The molecule has 0 aromatic carbocycles. The van der Waals surface area contributed by atoms with Crippen LogP contribution < -0.4 is 5.32 Å². The van der Waals surface area contributed by atoms with Crippen molar-refractivity contribution >= 4 is 5.91 Å². The predicted molar refractivity (Wildman–Crippen MR) is 64.2 cm³/mol. The fraction of sp³-hybridized carbons (Fsp3) is 0.917. The molecule has 0 saturated heterocycles. The van der Waals surface area contributed by atoms with Crippen molar-refractivity contribution < 1.29 is 14.6 Å². The molecular weight excluding hydrogens is 206 g/mol. The number of carbonyl (C=O) groups is 1. The number of aliphatic hydroxyl groups excluding tert-OH is 1. The van der Waals surface area contributed by atoms with E-state index in [1.807, 2.05) is 0 Å². The lowest BCUT2D eigenvalue weighted by molar-refractivity contribution is -0.126. The quantitative estimate of drug-likeness (QED) is 0.629. The van der Waals surface area contributed by atoms with Crippen LogP contribution in [0.15, 0.2) is 0 Å². The van der Waals surface area contributed by atoms with Gasteiger partial charge in [-0.05, 0) is 12.8 Å². The summed E-state index contributed by atoms with van der Waals surface area (Å²) in [5.74, 6) is 0.142. The van der Waals surface area contributed by atoms with Crippen LogP contribution in [0.4, 0.5) is 0 Å². The van der Waals surface area contributed by atoms with E-state index >= 15 is 0 Å². The Morgan fingerprint density at radius 1 is 1.31 bits per heavy atom. The first kappa shape index (κ1) is 15.4. The standard InChI is InChI=1S/C12H25NO3/c1-4-6-10(7-5-2)12(15)13-8-11(14)9-16-3/h10-11,14H,4-9H2,1-3H3,(H,13,15). The SMILES string of the molecule is CCCC(CCC)C(=O)NCC(O)COC. The van der Waals surface area contributed by atoms with Gasteiger partial charge in [-0.15, -0.1) is 0 Å². The average molecular weight is 231 g/mol. The van der Waals surface area contributed by atoms with Gasteiger partial charge in [0.05, 0.1) is 12.7 Å². The van der Waals surface area contributed by atoms with Crippen LogP contribution in [-0.4, -0.2) is 37.4 Å². The second-order valence-corrected chi connectivity index (χ2v) is 4.13. The maximum absolute atomic E-state index is 11.8. The monoisotopic (exact) mass is 231 g/mol. The molecule has 96 valence electrons. The molecule has 2 N–H and O–H groups in total. The molecule has 0 rings (SSSR count). The molecule has 16 heavy (non-hydrogen) atoms. The predicted octanol–water partition coefficient (Wildman–Crippen LogP) is 1.33. The Hall–Kier alpha value is -0.610. The van der Waals surface area contributed by atoms with E-state index in [9.17, 15) is 9.90 Å². The van der Waals surface area contributed by atoms with Gasteiger partial charge in [-0.1, -0.05) is 26.7 Å². The Balaban J connectivity index is 3.90. The zero-order chi connectivity index (χ0) is 12.4. The minimum atomic E-state index is -0.613. The number of nitrogens with one attached hydrogen (secondary N) is 1. The molecule has 4 nitrogen and oxygen atoms in total. The van der Waals surface area contributed by atoms with E-state index in [-0.39, 0.29) is 25.0 Å². The Labute approximate surface area is 98.4 Å². The van der Waals surface area contributed by atoms with E-state index in [4.69, 9.17) is 4.74 Å². The minimum absolute atomic E-state index is 0.0545. The normalized spacial score (nSPS) is 12.8. The number of carbonyl (C=O) groups excluding carboxylic acids is 1. The summed E-state index contributed by atoms with van der Waals surface area (Å²) in [4.78, 5) is 11.8. The third-order valence-electron chi connectivity index (χ3n) is 2.52. The number of ether oxygens (including phenoxy) is 1. The van der Waals surface area contributed by atoms with Crippen LogP contribution in [-0.2, 0) is 9.53 Å². The summed E-state index contributed by atoms with van der Waals surface area (Å²) < 4.78 is 4.79. The third-order valence-corrected chi connectivity index (χ3v) is 2.52. The van der Waals surface area contributed by atoms with Gasteiger partial charge in [-0.2, -0.15) is 0 Å². The molecule has 1 atom stereocenters. The van der Waals surface area contributed by atoms with E-state index in [2.05, 4.69) is 19.2 Å². The summed E-state index contributed by atoms with van der Waals surface area (Å²) in [6, 6.07) is 0. The summed E-state index contributed by atoms with van der Waals surface area (Å²) in [6.45, 7) is 4.69. The second-order valence-electron chi connectivity index (χ2n) is 4.13. The summed E-state index contributed by atoms with van der Waals surface area (Å²) in [6.07, 6.45) is 3.25. The van der Waals surface area contributed by atoms with Crippen molar-refractivity contribution in [2.75, 3.05) is 20.3 Å². The molecule has 0 aliphatic heterocycles. The Morgan fingerprint density at radius 3 is 2.31 bits per heavy atom. The van der Waals surface area contributed by atoms with Crippen LogP contribution in [0.2, 0.25) is 0 Å². The summed E-state index contributed by atoms with van der Waals surface area (Å²) >= 11 is 0. The molecule has 0 spiro atoms. The van der Waals surface area contributed by atoms with Crippen molar-refractivity contribution in [3.63, 3.8) is 0 Å². The van der Waals surface area contributed by atoms with Gasteiger partial charge in [0, 0.05) is 19.6 Å². The first-order valence-electron chi connectivity index (χ1n) is 6.10. The van der Waals surface area contributed by atoms with Crippen LogP contribution in [0.3, 0.4) is 0 Å². The number of methoxy groups -OCH3 is 1. The molecule has 0 heterocycles. The van der Waals surface area contributed by atoms with Crippen LogP contribution >= 0.6 is 0 Å². The molecule has 0 radical (unpaired) electrons. The van der Waals surface area contributed by atoms with Gasteiger partial charge in [-0.3, -0.25) is 4.79 Å². The van der Waals surface area contributed by atoms with Gasteiger partial charge in [0.2, 0.25) is 5.91 Å². The van der Waals surface area contributed by atoms with Crippen LogP contribution in [0.5, 0.6) is 0 Å². The fourth-order valence-electron chi connectivity index (χ4n) is 1.72. The smallest absolute Gasteiger partial charge is 0.223 e. The van der Waals surface area contributed by atoms with Crippen molar-refractivity contribution in [1.82, 2.24) is 5.32 Å². The lowest BCUT2D eigenvalue weighted by Gasteiger charge is -2.17. The van der Waals surface area contributed by atoms with Crippen molar-refractivity contribution in [2.45, 2.75) is 45.6 Å². The van der Waals surface area contributed by atoms with Crippen LogP contribution in [0.25, 0.3) is 0 Å². The highest BCUT2D eigenvalue weighted by Crippen LogP contribution is 2.13. The highest BCUT2D eigenvalue weighted by atomic mass is 16.5. The van der Waals surface area contributed by atoms with E-state index in [1.165, 1.54) is 7.11 Å². The third kappa shape index (κ3) is 6.80. The lowest BCUT2D eigenvalue weighted by Crippen LogP contribution is -2.37. The number of amides is 1. The number of rotatable bonds is 9. The molecule has 0 fully saturated rings. The lowest BCUT2D eigenvalue weighted by atomic mass is 9.97. The van der Waals surface area contributed by atoms with Crippen LogP contribution in [0, 0.1) is 5.92 Å². The van der Waals surface area contributed by atoms with E-state index in [0.717, 1.165) is 25.7 Å². The zero-order valence-corrected chi connectivity index (χ0v) is 10.7. The fourth-order valence-corrected chi connectivity index (χ4v) is 1.72. The highest BCUT2D eigenvalue weighted by Gasteiger charge is 2.17. The molecule has 1 amide bonds. The van der Waals surface area contributed by atoms with Gasteiger partial charge in [0.25, 0.3) is 0 Å². The summed E-state index contributed by atoms with van der Waals surface area (Å²) in [7, 11) is 1.53. The van der Waals surface area contributed by atoms with Crippen molar-refractivity contribution in [1.29, 1.82) is 0 Å². The molecule has 1 unspecified atom stereocenters. The van der Waals surface area contributed by atoms with Gasteiger partial charge in [0.15, 0.2) is 0 Å². The minimum Gasteiger partial charge on any atom is -0.389 e. The topological polar surface area (TPSA) is 58.6 Å². The maximum Gasteiger partial charge on any atom is 0.223 e. The molecule has 0 aliphatic carbocycles. The van der Waals surface area contributed by atoms with Gasteiger partial charge in [-0.25, -0.2) is 0 Å². The van der Waals surface area contributed by atoms with Crippen molar-refractivity contribution in [3.05, 3.63) is 0 Å². The van der Waals surface area contributed by atoms with E-state index in [0.29, 0.717) is 0 Å². The molecule has 0 saturated carbocycles. The van der Waals surface area contributed by atoms with E-state index in [1.54, 1.807) is 0 Å². The average Bonchev–Trinajstić information content (AvgIpc) is 2.26. The highest BCUT2D eigenvalue weighted by molar-refractivity contribution is 5.78. The Kier molecular flexibility index (Phi) is 9.24. The maximum atomic E-state index is 11.8. The molecule has 4 heteroatoms. The number of aliphatic hydroxyl groups is 1. The number of hydrogen-bond donors (Lipinski definition) is 2. The van der Waals surface area contributed by atoms with Crippen molar-refractivity contribution in [3.8, 4) is 0 Å². The van der Waals surface area contributed by atoms with Crippen molar-refractivity contribution in [2.24, 2.45) is 5.92 Å². The van der Waals surface area contributed by atoms with Gasteiger partial charge < -0.3 is 15.2 Å². The largest absolute Gasteiger partial charge is 0.389 e. The summed E-state index contributed by atoms with van der Waals surface area (Å²) in [5.41, 5.74) is 0. The number of hydrogen-bond acceptors (Lipinski definition) is 3. The Morgan fingerprint density at radius 2 is 1.88 bits per heavy atom. The van der Waals surface area contributed by atoms with Gasteiger partial charge >= 0.3 is 0 Å². The van der Waals surface area contributed by atoms with E-state index < -0.39 is 6.10 Å².